The fraction of sp³-hybridized carbons (Fsp3) is 0.125. The van der Waals surface area contributed by atoms with E-state index in [0.29, 0.717) is 23.1 Å². The first-order chi connectivity index (χ1) is 9.69. The van der Waals surface area contributed by atoms with E-state index in [1.54, 1.807) is 6.07 Å². The van der Waals surface area contributed by atoms with Crippen molar-refractivity contribution in [2.24, 2.45) is 0 Å². The first-order valence-electron chi connectivity index (χ1n) is 6.07. The standard InChI is InChI=1S/C16H14ClFO2/c1-19-16-11-14(18)7-8-15(16)20-9-3-5-12-4-2-6-13(17)10-12/h2-8,10-11H,9H2,1H3/b5-3+. The van der Waals surface area contributed by atoms with E-state index in [4.69, 9.17) is 21.1 Å². The Hall–Kier alpha value is -2.00. The van der Waals surface area contributed by atoms with Gasteiger partial charge in [-0.3, -0.25) is 0 Å². The van der Waals surface area contributed by atoms with Crippen LogP contribution in [0.5, 0.6) is 11.5 Å². The second-order valence-electron chi connectivity index (χ2n) is 4.06. The summed E-state index contributed by atoms with van der Waals surface area (Å²) in [7, 11) is 1.48. The number of halogens is 2. The van der Waals surface area contributed by atoms with Crippen LogP contribution in [-0.4, -0.2) is 13.7 Å². The Balaban J connectivity index is 1.96. The summed E-state index contributed by atoms with van der Waals surface area (Å²) in [6.45, 7) is 0.356. The number of rotatable bonds is 5. The van der Waals surface area contributed by atoms with Gasteiger partial charge >= 0.3 is 0 Å². The van der Waals surface area contributed by atoms with Crippen molar-refractivity contribution in [3.05, 3.63) is 64.9 Å². The molecule has 2 aromatic rings. The molecule has 0 N–H and O–H groups in total. The lowest BCUT2D eigenvalue weighted by atomic mass is 10.2. The molecule has 2 rings (SSSR count). The SMILES string of the molecule is COc1cc(F)ccc1OC/C=C/c1cccc(Cl)c1. The molecule has 20 heavy (non-hydrogen) atoms. The quantitative estimate of drug-likeness (QED) is 0.803. The highest BCUT2D eigenvalue weighted by Crippen LogP contribution is 2.27. The summed E-state index contributed by atoms with van der Waals surface area (Å²) in [5.41, 5.74) is 0.993. The fourth-order valence-electron chi connectivity index (χ4n) is 1.69. The molecule has 0 aliphatic carbocycles. The lowest BCUT2D eigenvalue weighted by molar-refractivity contribution is 0.325. The molecule has 0 heterocycles. The maximum absolute atomic E-state index is 13.0. The number of hydrogen-bond donors (Lipinski definition) is 0. The Labute approximate surface area is 122 Å². The Kier molecular flexibility index (Phi) is 5.02. The summed E-state index contributed by atoms with van der Waals surface area (Å²) in [5, 5.41) is 0.688. The zero-order chi connectivity index (χ0) is 14.4. The molecule has 0 aliphatic rings. The average molecular weight is 293 g/mol. The second-order valence-corrected chi connectivity index (χ2v) is 4.50. The van der Waals surface area contributed by atoms with Gasteiger partial charge in [-0.2, -0.15) is 0 Å². The topological polar surface area (TPSA) is 18.5 Å². The van der Waals surface area contributed by atoms with Crippen LogP contribution in [0.25, 0.3) is 6.08 Å². The third-order valence-corrected chi connectivity index (χ3v) is 2.85. The molecule has 0 spiro atoms. The number of benzene rings is 2. The highest BCUT2D eigenvalue weighted by atomic mass is 35.5. The van der Waals surface area contributed by atoms with E-state index >= 15 is 0 Å². The van der Waals surface area contributed by atoms with E-state index in [9.17, 15) is 4.39 Å². The van der Waals surface area contributed by atoms with Gasteiger partial charge in [0.1, 0.15) is 12.4 Å². The van der Waals surface area contributed by atoms with Gasteiger partial charge in [0.2, 0.25) is 0 Å². The molecule has 0 unspecified atom stereocenters. The maximum atomic E-state index is 13.0. The minimum atomic E-state index is -0.358. The summed E-state index contributed by atoms with van der Waals surface area (Å²) in [6, 6.07) is 11.7. The van der Waals surface area contributed by atoms with Crippen molar-refractivity contribution >= 4 is 17.7 Å². The predicted octanol–water partition coefficient (Wildman–Crippen LogP) is 4.58. The molecule has 2 aromatic carbocycles. The summed E-state index contributed by atoms with van der Waals surface area (Å²) in [6.07, 6.45) is 3.76. The van der Waals surface area contributed by atoms with E-state index in [-0.39, 0.29) is 5.82 Å². The molecule has 0 radical (unpaired) electrons. The van der Waals surface area contributed by atoms with Gasteiger partial charge in [-0.15, -0.1) is 0 Å². The third kappa shape index (κ3) is 4.00. The summed E-state index contributed by atoms with van der Waals surface area (Å²) < 4.78 is 23.6. The van der Waals surface area contributed by atoms with E-state index in [1.807, 2.05) is 36.4 Å². The minimum Gasteiger partial charge on any atom is -0.493 e. The molecule has 0 saturated heterocycles. The Morgan fingerprint density at radius 1 is 1.15 bits per heavy atom. The predicted molar refractivity (Wildman–Crippen MR) is 78.9 cm³/mol. The molecule has 104 valence electrons. The number of ether oxygens (including phenoxy) is 2. The highest BCUT2D eigenvalue weighted by molar-refractivity contribution is 6.30. The van der Waals surface area contributed by atoms with Gasteiger partial charge in [-0.25, -0.2) is 4.39 Å². The smallest absolute Gasteiger partial charge is 0.163 e. The fourth-order valence-corrected chi connectivity index (χ4v) is 1.89. The van der Waals surface area contributed by atoms with E-state index in [2.05, 4.69) is 0 Å². The van der Waals surface area contributed by atoms with Crippen LogP contribution in [0.2, 0.25) is 5.02 Å². The molecule has 0 aliphatic heterocycles. The van der Waals surface area contributed by atoms with Crippen molar-refractivity contribution in [3.8, 4) is 11.5 Å². The summed E-state index contributed by atoms with van der Waals surface area (Å²) in [4.78, 5) is 0. The van der Waals surface area contributed by atoms with Gasteiger partial charge in [-0.05, 0) is 35.9 Å². The zero-order valence-electron chi connectivity index (χ0n) is 11.0. The van der Waals surface area contributed by atoms with Crippen LogP contribution in [0.1, 0.15) is 5.56 Å². The van der Waals surface area contributed by atoms with Crippen LogP contribution < -0.4 is 9.47 Å². The van der Waals surface area contributed by atoms with Crippen LogP contribution in [0.15, 0.2) is 48.5 Å². The zero-order valence-corrected chi connectivity index (χ0v) is 11.7. The number of methoxy groups -OCH3 is 1. The van der Waals surface area contributed by atoms with Crippen LogP contribution >= 0.6 is 11.6 Å². The van der Waals surface area contributed by atoms with Gasteiger partial charge in [0.25, 0.3) is 0 Å². The maximum Gasteiger partial charge on any atom is 0.163 e. The minimum absolute atomic E-state index is 0.356. The molecule has 0 amide bonds. The van der Waals surface area contributed by atoms with Crippen LogP contribution in [0.3, 0.4) is 0 Å². The molecule has 0 aromatic heterocycles. The average Bonchev–Trinajstić information content (AvgIpc) is 2.45. The van der Waals surface area contributed by atoms with Crippen LogP contribution in [0, 0.1) is 5.82 Å². The molecule has 0 atom stereocenters. The van der Waals surface area contributed by atoms with Crippen LogP contribution in [-0.2, 0) is 0 Å². The molecule has 0 bridgehead atoms. The Bertz CT molecular complexity index is 611. The largest absolute Gasteiger partial charge is 0.493 e. The monoisotopic (exact) mass is 292 g/mol. The van der Waals surface area contributed by atoms with Gasteiger partial charge < -0.3 is 9.47 Å². The van der Waals surface area contributed by atoms with Gasteiger partial charge in [0.05, 0.1) is 7.11 Å². The number of hydrogen-bond acceptors (Lipinski definition) is 2. The molecule has 4 heteroatoms. The van der Waals surface area contributed by atoms with Gasteiger partial charge in [-0.1, -0.05) is 29.8 Å². The van der Waals surface area contributed by atoms with Crippen molar-refractivity contribution in [1.29, 1.82) is 0 Å². The molecular formula is C16H14ClFO2. The second kappa shape index (κ2) is 6.96. The highest BCUT2D eigenvalue weighted by Gasteiger charge is 2.04. The van der Waals surface area contributed by atoms with E-state index in [1.165, 1.54) is 19.2 Å². The van der Waals surface area contributed by atoms with Crippen molar-refractivity contribution in [3.63, 3.8) is 0 Å². The van der Waals surface area contributed by atoms with Crippen LogP contribution in [0.4, 0.5) is 4.39 Å². The molecular weight excluding hydrogens is 279 g/mol. The van der Waals surface area contributed by atoms with Gasteiger partial charge in [0.15, 0.2) is 11.5 Å². The summed E-state index contributed by atoms with van der Waals surface area (Å²) >= 11 is 5.89. The van der Waals surface area contributed by atoms with Crippen molar-refractivity contribution in [2.75, 3.05) is 13.7 Å². The third-order valence-electron chi connectivity index (χ3n) is 2.62. The lowest BCUT2D eigenvalue weighted by Crippen LogP contribution is -1.96. The van der Waals surface area contributed by atoms with E-state index in [0.717, 1.165) is 5.56 Å². The molecule has 0 saturated carbocycles. The normalized spacial score (nSPS) is 10.8. The lowest BCUT2D eigenvalue weighted by Gasteiger charge is -2.08. The van der Waals surface area contributed by atoms with Gasteiger partial charge in [0, 0.05) is 11.1 Å². The first kappa shape index (κ1) is 14.4. The molecule has 2 nitrogen and oxygen atoms in total. The first-order valence-corrected chi connectivity index (χ1v) is 6.45. The van der Waals surface area contributed by atoms with E-state index < -0.39 is 0 Å². The summed E-state index contributed by atoms with van der Waals surface area (Å²) in [5.74, 6) is 0.523. The Morgan fingerprint density at radius 2 is 2.00 bits per heavy atom. The van der Waals surface area contributed by atoms with Crippen molar-refractivity contribution in [1.82, 2.24) is 0 Å². The molecule has 0 fully saturated rings. The van der Waals surface area contributed by atoms with Crippen molar-refractivity contribution in [2.45, 2.75) is 0 Å². The Morgan fingerprint density at radius 3 is 2.75 bits per heavy atom. The van der Waals surface area contributed by atoms with Crippen molar-refractivity contribution < 1.29 is 13.9 Å².